The van der Waals surface area contributed by atoms with Gasteiger partial charge in [-0.15, -0.1) is 0 Å². The Morgan fingerprint density at radius 3 is 2.47 bits per heavy atom. The van der Waals surface area contributed by atoms with Crippen LogP contribution in [0.2, 0.25) is 0 Å². The summed E-state index contributed by atoms with van der Waals surface area (Å²) >= 11 is 0. The fourth-order valence-electron chi connectivity index (χ4n) is 1.65. The first kappa shape index (κ1) is 13.5. The molecule has 0 bridgehead atoms. The lowest BCUT2D eigenvalue weighted by atomic mass is 10.0. The molecule has 0 spiro atoms. The van der Waals surface area contributed by atoms with Gasteiger partial charge in [-0.3, -0.25) is 4.98 Å². The summed E-state index contributed by atoms with van der Waals surface area (Å²) in [5.74, 6) is -0.899. The van der Waals surface area contributed by atoms with E-state index in [0.717, 1.165) is 0 Å². The van der Waals surface area contributed by atoms with Crippen molar-refractivity contribution in [3.05, 3.63) is 65.2 Å². The average molecular weight is 271 g/mol. The minimum atomic E-state index is -4.59. The minimum absolute atomic E-state index is 0.223. The quantitative estimate of drug-likeness (QED) is 0.850. The molecule has 6 heteroatoms. The zero-order chi connectivity index (χ0) is 14.0. The van der Waals surface area contributed by atoms with Gasteiger partial charge in [-0.1, -0.05) is 6.07 Å². The van der Waals surface area contributed by atoms with Gasteiger partial charge in [-0.25, -0.2) is 4.39 Å². The molecule has 0 saturated heterocycles. The van der Waals surface area contributed by atoms with Gasteiger partial charge in [0.15, 0.2) is 0 Å². The van der Waals surface area contributed by atoms with E-state index >= 15 is 0 Å². The molecule has 1 atom stereocenters. The summed E-state index contributed by atoms with van der Waals surface area (Å²) in [7, 11) is 0. The molecule has 0 radical (unpaired) electrons. The molecule has 19 heavy (non-hydrogen) atoms. The highest BCUT2D eigenvalue weighted by molar-refractivity contribution is 5.33. The Bertz CT molecular complexity index is 569. The molecule has 0 aliphatic rings. The lowest BCUT2D eigenvalue weighted by molar-refractivity contribution is -0.137. The SMILES string of the molecule is OC(c1cccnc1)c1cc(C(F)(F)F)ccc1F. The van der Waals surface area contributed by atoms with Gasteiger partial charge in [0.25, 0.3) is 0 Å². The fourth-order valence-corrected chi connectivity index (χ4v) is 1.65. The molecule has 1 N–H and O–H groups in total. The Balaban J connectivity index is 2.45. The number of aromatic nitrogens is 1. The lowest BCUT2D eigenvalue weighted by Gasteiger charge is -2.14. The molecule has 1 unspecified atom stereocenters. The van der Waals surface area contributed by atoms with Crippen molar-refractivity contribution in [1.82, 2.24) is 4.98 Å². The zero-order valence-electron chi connectivity index (χ0n) is 9.53. The van der Waals surface area contributed by atoms with Crippen molar-refractivity contribution in [1.29, 1.82) is 0 Å². The molecule has 1 aromatic carbocycles. The van der Waals surface area contributed by atoms with Crippen LogP contribution < -0.4 is 0 Å². The third-order valence-corrected chi connectivity index (χ3v) is 2.62. The predicted octanol–water partition coefficient (Wildman–Crippen LogP) is 3.32. The van der Waals surface area contributed by atoms with Crippen LogP contribution >= 0.6 is 0 Å². The van der Waals surface area contributed by atoms with Gasteiger partial charge >= 0.3 is 6.18 Å². The smallest absolute Gasteiger partial charge is 0.383 e. The van der Waals surface area contributed by atoms with E-state index < -0.39 is 29.2 Å². The maximum Gasteiger partial charge on any atom is 0.416 e. The summed E-state index contributed by atoms with van der Waals surface area (Å²) in [6.07, 6.45) is -3.36. The van der Waals surface area contributed by atoms with Gasteiger partial charge in [0.2, 0.25) is 0 Å². The first-order valence-corrected chi connectivity index (χ1v) is 5.34. The molecule has 2 rings (SSSR count). The second kappa shape index (κ2) is 4.97. The number of benzene rings is 1. The van der Waals surface area contributed by atoms with Gasteiger partial charge in [0.1, 0.15) is 11.9 Å². The summed E-state index contributed by atoms with van der Waals surface area (Å²) < 4.78 is 51.2. The van der Waals surface area contributed by atoms with Gasteiger partial charge in [0.05, 0.1) is 5.56 Å². The molecule has 0 aliphatic carbocycles. The second-order valence-corrected chi connectivity index (χ2v) is 3.92. The van der Waals surface area contributed by atoms with E-state index in [-0.39, 0.29) is 5.56 Å². The van der Waals surface area contributed by atoms with Crippen LogP contribution in [0.4, 0.5) is 17.6 Å². The van der Waals surface area contributed by atoms with Crippen molar-refractivity contribution >= 4 is 0 Å². The van der Waals surface area contributed by atoms with Crippen LogP contribution in [0.25, 0.3) is 0 Å². The van der Waals surface area contributed by atoms with Crippen LogP contribution in [0.15, 0.2) is 42.7 Å². The Kier molecular flexibility index (Phi) is 3.53. The molecule has 2 nitrogen and oxygen atoms in total. The number of alkyl halides is 3. The van der Waals surface area contributed by atoms with Gasteiger partial charge < -0.3 is 5.11 Å². The van der Waals surface area contributed by atoms with E-state index in [1.807, 2.05) is 0 Å². The van der Waals surface area contributed by atoms with Crippen LogP contribution in [-0.2, 0) is 6.18 Å². The van der Waals surface area contributed by atoms with E-state index in [4.69, 9.17) is 0 Å². The molecule has 2 aromatic rings. The zero-order valence-corrected chi connectivity index (χ0v) is 9.53. The minimum Gasteiger partial charge on any atom is -0.383 e. The Labute approximate surface area is 106 Å². The molecule has 0 fully saturated rings. The number of halogens is 4. The highest BCUT2D eigenvalue weighted by atomic mass is 19.4. The van der Waals surface area contributed by atoms with E-state index in [2.05, 4.69) is 4.98 Å². The number of hydrogen-bond donors (Lipinski definition) is 1. The summed E-state index contributed by atoms with van der Waals surface area (Å²) in [6.45, 7) is 0. The number of rotatable bonds is 2. The van der Waals surface area contributed by atoms with E-state index in [1.165, 1.54) is 24.5 Å². The van der Waals surface area contributed by atoms with Crippen molar-refractivity contribution in [2.75, 3.05) is 0 Å². The normalized spacial score (nSPS) is 13.3. The molecule has 0 amide bonds. The van der Waals surface area contributed by atoms with Crippen molar-refractivity contribution in [2.45, 2.75) is 12.3 Å². The number of aliphatic hydroxyl groups is 1. The van der Waals surface area contributed by atoms with Crippen LogP contribution in [-0.4, -0.2) is 10.1 Å². The maximum atomic E-state index is 13.5. The molecular weight excluding hydrogens is 262 g/mol. The summed E-state index contributed by atoms with van der Waals surface area (Å²) in [5.41, 5.74) is -1.21. The molecule has 0 aliphatic heterocycles. The predicted molar refractivity (Wildman–Crippen MR) is 59.7 cm³/mol. The van der Waals surface area contributed by atoms with E-state index in [0.29, 0.717) is 18.2 Å². The summed E-state index contributed by atoms with van der Waals surface area (Å²) in [5, 5.41) is 9.92. The number of aliphatic hydroxyl groups excluding tert-OH is 1. The Morgan fingerprint density at radius 1 is 1.16 bits per heavy atom. The van der Waals surface area contributed by atoms with Crippen molar-refractivity contribution in [2.24, 2.45) is 0 Å². The second-order valence-electron chi connectivity index (χ2n) is 3.92. The molecule has 1 heterocycles. The van der Waals surface area contributed by atoms with Gasteiger partial charge in [-0.2, -0.15) is 13.2 Å². The van der Waals surface area contributed by atoms with E-state index in [9.17, 15) is 22.7 Å². The largest absolute Gasteiger partial charge is 0.416 e. The number of pyridine rings is 1. The van der Waals surface area contributed by atoms with Crippen LogP contribution in [0, 0.1) is 5.82 Å². The van der Waals surface area contributed by atoms with Crippen LogP contribution in [0.1, 0.15) is 22.8 Å². The summed E-state index contributed by atoms with van der Waals surface area (Å²) in [4.78, 5) is 3.73. The monoisotopic (exact) mass is 271 g/mol. The average Bonchev–Trinajstić information content (AvgIpc) is 2.38. The first-order valence-electron chi connectivity index (χ1n) is 5.34. The van der Waals surface area contributed by atoms with Gasteiger partial charge in [0, 0.05) is 23.5 Å². The van der Waals surface area contributed by atoms with E-state index in [1.54, 1.807) is 0 Å². The Hall–Kier alpha value is -1.95. The van der Waals surface area contributed by atoms with Crippen molar-refractivity contribution in [3.8, 4) is 0 Å². The maximum absolute atomic E-state index is 13.5. The van der Waals surface area contributed by atoms with Crippen LogP contribution in [0.3, 0.4) is 0 Å². The topological polar surface area (TPSA) is 33.1 Å². The van der Waals surface area contributed by atoms with Crippen molar-refractivity contribution in [3.63, 3.8) is 0 Å². The van der Waals surface area contributed by atoms with Crippen molar-refractivity contribution < 1.29 is 22.7 Å². The third-order valence-electron chi connectivity index (χ3n) is 2.62. The highest BCUT2D eigenvalue weighted by Crippen LogP contribution is 2.33. The van der Waals surface area contributed by atoms with Crippen LogP contribution in [0.5, 0.6) is 0 Å². The number of hydrogen-bond acceptors (Lipinski definition) is 2. The molecule has 0 saturated carbocycles. The highest BCUT2D eigenvalue weighted by Gasteiger charge is 2.32. The third kappa shape index (κ3) is 2.90. The Morgan fingerprint density at radius 2 is 1.89 bits per heavy atom. The molecular formula is C13H9F4NO. The molecule has 1 aromatic heterocycles. The standard InChI is InChI=1S/C13H9F4NO/c14-11-4-3-9(13(15,16)17)6-10(11)12(19)8-2-1-5-18-7-8/h1-7,12,19H. The number of nitrogens with zero attached hydrogens (tertiary/aromatic N) is 1. The van der Waals surface area contributed by atoms with Gasteiger partial charge in [-0.05, 0) is 24.3 Å². The fraction of sp³-hybridized carbons (Fsp3) is 0.154. The first-order chi connectivity index (χ1) is 8.89. The summed E-state index contributed by atoms with van der Waals surface area (Å²) in [6, 6.07) is 4.89. The molecule has 100 valence electrons. The lowest BCUT2D eigenvalue weighted by Crippen LogP contribution is -2.09.